The van der Waals surface area contributed by atoms with Gasteiger partial charge < -0.3 is 5.11 Å². The van der Waals surface area contributed by atoms with Crippen LogP contribution in [-0.4, -0.2) is 37.2 Å². The van der Waals surface area contributed by atoms with Crippen LogP contribution in [0, 0.1) is 5.92 Å². The van der Waals surface area contributed by atoms with Crippen LogP contribution < -0.4 is 0 Å². The van der Waals surface area contributed by atoms with E-state index in [1.807, 2.05) is 12.1 Å². The number of benzene rings is 1. The average molecular weight is 318 g/mol. The van der Waals surface area contributed by atoms with E-state index < -0.39 is 16.1 Å². The maximum Gasteiger partial charge on any atom is 0.211 e. The van der Waals surface area contributed by atoms with Gasteiger partial charge in [-0.05, 0) is 42.9 Å². The number of hydrogen-bond acceptors (Lipinski definition) is 3. The van der Waals surface area contributed by atoms with Crippen molar-refractivity contribution in [2.45, 2.75) is 25.4 Å². The van der Waals surface area contributed by atoms with Gasteiger partial charge in [-0.25, -0.2) is 12.7 Å². The molecule has 4 nitrogen and oxygen atoms in total. The highest BCUT2D eigenvalue weighted by atomic mass is 35.5. The fraction of sp³-hybridized carbons (Fsp3) is 0.571. The highest BCUT2D eigenvalue weighted by molar-refractivity contribution is 7.88. The Bertz CT molecular complexity index is 561. The fourth-order valence-electron chi connectivity index (χ4n) is 2.69. The summed E-state index contributed by atoms with van der Waals surface area (Å²) >= 11 is 5.92. The van der Waals surface area contributed by atoms with Gasteiger partial charge in [0.2, 0.25) is 10.0 Å². The number of rotatable bonds is 4. The van der Waals surface area contributed by atoms with E-state index in [0.29, 0.717) is 24.5 Å². The molecule has 1 aromatic rings. The van der Waals surface area contributed by atoms with Crippen molar-refractivity contribution in [1.82, 2.24) is 4.31 Å². The number of nitrogens with zero attached hydrogens (tertiary/aromatic N) is 1. The molecule has 1 saturated heterocycles. The molecule has 0 radical (unpaired) electrons. The first-order valence-corrected chi connectivity index (χ1v) is 8.97. The Kier molecular flexibility index (Phi) is 5.07. The highest BCUT2D eigenvalue weighted by Crippen LogP contribution is 2.29. The van der Waals surface area contributed by atoms with Crippen LogP contribution in [0.25, 0.3) is 0 Å². The molecule has 1 aromatic carbocycles. The molecular formula is C14H20ClNO3S. The summed E-state index contributed by atoms with van der Waals surface area (Å²) in [5, 5.41) is 10.9. The zero-order valence-corrected chi connectivity index (χ0v) is 13.1. The van der Waals surface area contributed by atoms with E-state index >= 15 is 0 Å². The van der Waals surface area contributed by atoms with Gasteiger partial charge in [0.25, 0.3) is 0 Å². The van der Waals surface area contributed by atoms with Crippen LogP contribution in [0.3, 0.4) is 0 Å². The molecule has 112 valence electrons. The largest absolute Gasteiger partial charge is 0.388 e. The first-order chi connectivity index (χ1) is 9.36. The Balaban J connectivity index is 1.99. The molecule has 1 N–H and O–H groups in total. The fourth-order valence-corrected chi connectivity index (χ4v) is 3.83. The van der Waals surface area contributed by atoms with Gasteiger partial charge in [-0.1, -0.05) is 23.7 Å². The summed E-state index contributed by atoms with van der Waals surface area (Å²) in [6.45, 7) is 1.08. The van der Waals surface area contributed by atoms with Crippen LogP contribution in [0.4, 0.5) is 0 Å². The van der Waals surface area contributed by atoms with Crippen LogP contribution in [0.15, 0.2) is 24.3 Å². The maximum atomic E-state index is 11.6. The minimum absolute atomic E-state index is 0.187. The summed E-state index contributed by atoms with van der Waals surface area (Å²) in [4.78, 5) is 0. The summed E-state index contributed by atoms with van der Waals surface area (Å²) in [6, 6.07) is 7.17. The smallest absolute Gasteiger partial charge is 0.211 e. The second-order valence-electron chi connectivity index (χ2n) is 5.44. The van der Waals surface area contributed by atoms with Crippen molar-refractivity contribution in [1.29, 1.82) is 0 Å². The van der Waals surface area contributed by atoms with Gasteiger partial charge in [-0.15, -0.1) is 0 Å². The molecule has 0 aliphatic carbocycles. The van der Waals surface area contributed by atoms with Gasteiger partial charge in [0.15, 0.2) is 0 Å². The van der Waals surface area contributed by atoms with Crippen molar-refractivity contribution in [3.05, 3.63) is 34.9 Å². The van der Waals surface area contributed by atoms with Crippen molar-refractivity contribution >= 4 is 21.6 Å². The molecule has 0 bridgehead atoms. The molecule has 0 saturated carbocycles. The lowest BCUT2D eigenvalue weighted by atomic mass is 9.91. The van der Waals surface area contributed by atoms with Gasteiger partial charge in [0.1, 0.15) is 0 Å². The second kappa shape index (κ2) is 6.43. The van der Waals surface area contributed by atoms with E-state index in [0.717, 1.165) is 18.4 Å². The Labute approximate surface area is 125 Å². The zero-order chi connectivity index (χ0) is 14.8. The predicted octanol–water partition coefficient (Wildman–Crippen LogP) is 2.44. The van der Waals surface area contributed by atoms with E-state index in [4.69, 9.17) is 11.6 Å². The normalized spacial score (nSPS) is 22.6. The van der Waals surface area contributed by atoms with Gasteiger partial charge in [-0.2, -0.15) is 0 Å². The van der Waals surface area contributed by atoms with Crippen LogP contribution in [0.1, 0.15) is 30.9 Å². The molecule has 6 heteroatoms. The molecule has 2 rings (SSSR count). The topological polar surface area (TPSA) is 57.6 Å². The van der Waals surface area contributed by atoms with Crippen molar-refractivity contribution in [3.63, 3.8) is 0 Å². The minimum Gasteiger partial charge on any atom is -0.388 e. The third-order valence-corrected chi connectivity index (χ3v) is 5.25. The molecule has 0 amide bonds. The van der Waals surface area contributed by atoms with E-state index in [2.05, 4.69) is 0 Å². The number of piperidine rings is 1. The summed E-state index contributed by atoms with van der Waals surface area (Å²) in [5.74, 6) is 0.187. The molecule has 0 spiro atoms. The lowest BCUT2D eigenvalue weighted by Crippen LogP contribution is -2.39. The lowest BCUT2D eigenvalue weighted by Gasteiger charge is -2.32. The van der Waals surface area contributed by atoms with E-state index in [1.165, 1.54) is 10.6 Å². The highest BCUT2D eigenvalue weighted by Gasteiger charge is 2.27. The summed E-state index contributed by atoms with van der Waals surface area (Å²) in [5.41, 5.74) is 0.786. The Morgan fingerprint density at radius 1 is 1.50 bits per heavy atom. The van der Waals surface area contributed by atoms with Crippen molar-refractivity contribution < 1.29 is 13.5 Å². The molecule has 1 aliphatic rings. The Hall–Kier alpha value is -0.620. The molecule has 1 fully saturated rings. The Morgan fingerprint density at radius 2 is 2.25 bits per heavy atom. The maximum absolute atomic E-state index is 11.6. The number of hydrogen-bond donors (Lipinski definition) is 1. The number of aliphatic hydroxyl groups excluding tert-OH is 1. The van der Waals surface area contributed by atoms with E-state index in [1.54, 1.807) is 12.1 Å². The SMILES string of the molecule is CS(=O)(=O)N1CCCC(CC(O)c2cccc(Cl)c2)C1. The monoisotopic (exact) mass is 317 g/mol. The molecule has 20 heavy (non-hydrogen) atoms. The van der Waals surface area contributed by atoms with E-state index in [9.17, 15) is 13.5 Å². The zero-order valence-electron chi connectivity index (χ0n) is 11.5. The molecule has 2 atom stereocenters. The van der Waals surface area contributed by atoms with Gasteiger partial charge >= 0.3 is 0 Å². The first kappa shape index (κ1) is 15.8. The van der Waals surface area contributed by atoms with Crippen LogP contribution in [0.5, 0.6) is 0 Å². The van der Waals surface area contributed by atoms with Gasteiger partial charge in [0, 0.05) is 18.1 Å². The molecule has 0 aromatic heterocycles. The van der Waals surface area contributed by atoms with Crippen molar-refractivity contribution in [2.75, 3.05) is 19.3 Å². The van der Waals surface area contributed by atoms with Crippen molar-refractivity contribution in [3.8, 4) is 0 Å². The molecule has 2 unspecified atom stereocenters. The third kappa shape index (κ3) is 4.19. The number of sulfonamides is 1. The van der Waals surface area contributed by atoms with Crippen LogP contribution >= 0.6 is 11.6 Å². The summed E-state index contributed by atoms with van der Waals surface area (Å²) < 4.78 is 24.7. The standard InChI is InChI=1S/C14H20ClNO3S/c1-20(18,19)16-7-3-4-11(10-16)8-14(17)12-5-2-6-13(15)9-12/h2,5-6,9,11,14,17H,3-4,7-8,10H2,1H3. The van der Waals surface area contributed by atoms with Crippen LogP contribution in [-0.2, 0) is 10.0 Å². The second-order valence-corrected chi connectivity index (χ2v) is 7.85. The molecular weight excluding hydrogens is 298 g/mol. The minimum atomic E-state index is -3.14. The first-order valence-electron chi connectivity index (χ1n) is 6.75. The summed E-state index contributed by atoms with van der Waals surface area (Å²) in [7, 11) is -3.14. The number of halogens is 1. The molecule has 1 heterocycles. The molecule has 1 aliphatic heterocycles. The number of aliphatic hydroxyl groups is 1. The van der Waals surface area contributed by atoms with Gasteiger partial charge in [-0.3, -0.25) is 0 Å². The van der Waals surface area contributed by atoms with Gasteiger partial charge in [0.05, 0.1) is 12.4 Å². The van der Waals surface area contributed by atoms with Crippen molar-refractivity contribution in [2.24, 2.45) is 5.92 Å². The predicted molar refractivity (Wildman–Crippen MR) is 80.2 cm³/mol. The Morgan fingerprint density at radius 3 is 2.90 bits per heavy atom. The lowest BCUT2D eigenvalue weighted by molar-refractivity contribution is 0.123. The average Bonchev–Trinajstić information content (AvgIpc) is 2.38. The quantitative estimate of drug-likeness (QED) is 0.928. The third-order valence-electron chi connectivity index (χ3n) is 3.74. The van der Waals surface area contributed by atoms with E-state index in [-0.39, 0.29) is 5.92 Å². The summed E-state index contributed by atoms with van der Waals surface area (Å²) in [6.07, 6.45) is 3.00. The van der Waals surface area contributed by atoms with Crippen LogP contribution in [0.2, 0.25) is 5.02 Å².